The summed E-state index contributed by atoms with van der Waals surface area (Å²) in [5, 5.41) is 15.0. The lowest BCUT2D eigenvalue weighted by atomic mass is 10.1. The average Bonchev–Trinajstić information content (AvgIpc) is 3.15. The predicted molar refractivity (Wildman–Crippen MR) is 105 cm³/mol. The maximum atomic E-state index is 12.2. The third-order valence-corrected chi connectivity index (χ3v) is 5.06. The molecular weight excluding hydrogens is 378 g/mol. The van der Waals surface area contributed by atoms with Gasteiger partial charge in [-0.15, -0.1) is 0 Å². The van der Waals surface area contributed by atoms with Gasteiger partial charge < -0.3 is 10.6 Å². The Kier molecular flexibility index (Phi) is 5.76. The molecule has 3 rings (SSSR count). The number of para-hydroxylation sites is 1. The summed E-state index contributed by atoms with van der Waals surface area (Å²) in [6.45, 7) is 2.07. The van der Waals surface area contributed by atoms with Crippen LogP contribution in [0.15, 0.2) is 71.9 Å². The number of hydrogen-bond acceptors (Lipinski definition) is 4. The molecular formula is C19H21N5O3S. The quantitative estimate of drug-likeness (QED) is 0.588. The number of nitrogens with one attached hydrogen (secondary N) is 2. The van der Waals surface area contributed by atoms with E-state index < -0.39 is 16.1 Å². The number of amides is 2. The number of hydrogen-bond donors (Lipinski definition) is 3. The molecule has 146 valence electrons. The molecule has 1 atom stereocenters. The number of benzene rings is 2. The fourth-order valence-electron chi connectivity index (χ4n) is 2.65. The number of nitrogens with two attached hydrogens (primary N) is 1. The zero-order chi connectivity index (χ0) is 20.1. The summed E-state index contributed by atoms with van der Waals surface area (Å²) in [6.07, 6.45) is 3.53. The second-order valence-corrected chi connectivity index (χ2v) is 7.86. The van der Waals surface area contributed by atoms with Crippen molar-refractivity contribution >= 4 is 16.1 Å². The summed E-state index contributed by atoms with van der Waals surface area (Å²) in [7, 11) is -3.79. The van der Waals surface area contributed by atoms with E-state index in [4.69, 9.17) is 5.14 Å². The average molecular weight is 399 g/mol. The zero-order valence-corrected chi connectivity index (χ0v) is 16.1. The van der Waals surface area contributed by atoms with E-state index in [2.05, 4.69) is 15.7 Å². The van der Waals surface area contributed by atoms with Crippen LogP contribution in [0.1, 0.15) is 24.1 Å². The second-order valence-electron chi connectivity index (χ2n) is 6.29. The molecule has 1 aromatic heterocycles. The smallest absolute Gasteiger partial charge is 0.315 e. The van der Waals surface area contributed by atoms with Crippen LogP contribution in [0, 0.1) is 0 Å². The molecule has 0 fully saturated rings. The molecule has 0 spiro atoms. The molecule has 28 heavy (non-hydrogen) atoms. The predicted octanol–water partition coefficient (Wildman–Crippen LogP) is 2.08. The van der Waals surface area contributed by atoms with Gasteiger partial charge in [-0.3, -0.25) is 0 Å². The Balaban J connectivity index is 1.57. The second kappa shape index (κ2) is 8.24. The van der Waals surface area contributed by atoms with Gasteiger partial charge in [0.25, 0.3) is 0 Å². The molecule has 0 aliphatic heterocycles. The number of primary sulfonamides is 1. The molecule has 0 saturated carbocycles. The molecule has 9 heteroatoms. The molecule has 4 N–H and O–H groups in total. The number of rotatable bonds is 6. The van der Waals surface area contributed by atoms with Gasteiger partial charge in [-0.2, -0.15) is 5.10 Å². The number of carbonyl (C=O) groups is 1. The van der Waals surface area contributed by atoms with Gasteiger partial charge in [0.05, 0.1) is 22.8 Å². The lowest BCUT2D eigenvalue weighted by Gasteiger charge is -2.15. The van der Waals surface area contributed by atoms with Crippen LogP contribution in [-0.4, -0.2) is 24.2 Å². The van der Waals surface area contributed by atoms with Crippen LogP contribution in [0.5, 0.6) is 0 Å². The molecule has 2 amide bonds. The normalized spacial score (nSPS) is 12.4. The maximum Gasteiger partial charge on any atom is 0.315 e. The molecule has 8 nitrogen and oxygen atoms in total. The highest BCUT2D eigenvalue weighted by Gasteiger charge is 2.13. The van der Waals surface area contributed by atoms with Gasteiger partial charge in [0.2, 0.25) is 10.0 Å². The van der Waals surface area contributed by atoms with Gasteiger partial charge >= 0.3 is 6.03 Å². The van der Waals surface area contributed by atoms with Crippen LogP contribution in [-0.2, 0) is 16.6 Å². The van der Waals surface area contributed by atoms with Crippen LogP contribution in [0.25, 0.3) is 5.69 Å². The van der Waals surface area contributed by atoms with E-state index in [1.165, 1.54) is 12.1 Å². The Labute approximate surface area is 163 Å². The van der Waals surface area contributed by atoms with E-state index in [9.17, 15) is 13.2 Å². The Morgan fingerprint density at radius 1 is 1.18 bits per heavy atom. The topological polar surface area (TPSA) is 119 Å². The van der Waals surface area contributed by atoms with Crippen molar-refractivity contribution in [3.05, 3.63) is 78.1 Å². The molecule has 0 radical (unpaired) electrons. The van der Waals surface area contributed by atoms with Crippen molar-refractivity contribution in [2.75, 3.05) is 0 Å². The van der Waals surface area contributed by atoms with Crippen molar-refractivity contribution in [3.63, 3.8) is 0 Å². The monoisotopic (exact) mass is 399 g/mol. The van der Waals surface area contributed by atoms with Crippen molar-refractivity contribution in [1.82, 2.24) is 20.4 Å². The van der Waals surface area contributed by atoms with E-state index in [1.807, 2.05) is 36.5 Å². The highest BCUT2D eigenvalue weighted by atomic mass is 32.2. The fourth-order valence-corrected chi connectivity index (χ4v) is 3.22. The van der Waals surface area contributed by atoms with Crippen LogP contribution < -0.4 is 15.8 Å². The van der Waals surface area contributed by atoms with E-state index in [1.54, 1.807) is 29.9 Å². The Morgan fingerprint density at radius 2 is 1.93 bits per heavy atom. The largest absolute Gasteiger partial charge is 0.334 e. The molecule has 1 heterocycles. The van der Waals surface area contributed by atoms with Crippen LogP contribution in [0.4, 0.5) is 4.79 Å². The van der Waals surface area contributed by atoms with Crippen LogP contribution >= 0.6 is 0 Å². The highest BCUT2D eigenvalue weighted by Crippen LogP contribution is 2.16. The Morgan fingerprint density at radius 3 is 2.64 bits per heavy atom. The van der Waals surface area contributed by atoms with Gasteiger partial charge in [-0.05, 0) is 36.8 Å². The first-order valence-corrected chi connectivity index (χ1v) is 10.1. The highest BCUT2D eigenvalue weighted by molar-refractivity contribution is 7.89. The lowest BCUT2D eigenvalue weighted by molar-refractivity contribution is 0.237. The first-order valence-electron chi connectivity index (χ1n) is 8.59. The van der Waals surface area contributed by atoms with Crippen LogP contribution in [0.2, 0.25) is 0 Å². The van der Waals surface area contributed by atoms with Gasteiger partial charge in [0, 0.05) is 18.3 Å². The summed E-state index contributed by atoms with van der Waals surface area (Å²) >= 11 is 0. The van der Waals surface area contributed by atoms with E-state index in [0.717, 1.165) is 11.3 Å². The molecule has 0 aliphatic rings. The Bertz CT molecular complexity index is 1060. The Hall–Kier alpha value is -3.17. The minimum Gasteiger partial charge on any atom is -0.334 e. The molecule has 2 aromatic carbocycles. The minimum absolute atomic E-state index is 0.00684. The third kappa shape index (κ3) is 4.96. The zero-order valence-electron chi connectivity index (χ0n) is 15.2. The summed E-state index contributed by atoms with van der Waals surface area (Å²) in [5.41, 5.74) is 2.42. The summed E-state index contributed by atoms with van der Waals surface area (Å²) in [4.78, 5) is 12.2. The number of sulfonamides is 1. The van der Waals surface area contributed by atoms with Crippen molar-refractivity contribution < 1.29 is 13.2 Å². The van der Waals surface area contributed by atoms with Gasteiger partial charge in [0.15, 0.2) is 0 Å². The number of carbonyl (C=O) groups excluding carboxylic acids is 1. The standard InChI is InChI=1S/C19H21N5O3S/c1-14(16-6-5-9-18(10-16)28(20,26)27)23-19(25)21-11-15-12-22-24(13-15)17-7-3-2-4-8-17/h2-10,12-14H,11H2,1H3,(H2,20,26,27)(H2,21,23,25). The van der Waals surface area contributed by atoms with E-state index >= 15 is 0 Å². The van der Waals surface area contributed by atoms with Gasteiger partial charge in [0.1, 0.15) is 0 Å². The fraction of sp³-hybridized carbons (Fsp3) is 0.158. The van der Waals surface area contributed by atoms with E-state index in [0.29, 0.717) is 12.1 Å². The van der Waals surface area contributed by atoms with Crippen molar-refractivity contribution in [3.8, 4) is 5.69 Å². The molecule has 3 aromatic rings. The van der Waals surface area contributed by atoms with E-state index in [-0.39, 0.29) is 10.9 Å². The summed E-state index contributed by atoms with van der Waals surface area (Å²) in [6, 6.07) is 15.1. The molecule has 0 saturated heterocycles. The first kappa shape index (κ1) is 19.6. The summed E-state index contributed by atoms with van der Waals surface area (Å²) < 4.78 is 24.7. The SMILES string of the molecule is CC(NC(=O)NCc1cnn(-c2ccccc2)c1)c1cccc(S(N)(=O)=O)c1. The minimum atomic E-state index is -3.79. The number of urea groups is 1. The maximum absolute atomic E-state index is 12.2. The van der Waals surface area contributed by atoms with Crippen molar-refractivity contribution in [2.24, 2.45) is 5.14 Å². The van der Waals surface area contributed by atoms with Crippen molar-refractivity contribution in [2.45, 2.75) is 24.4 Å². The third-order valence-electron chi connectivity index (χ3n) is 4.14. The molecule has 0 aliphatic carbocycles. The molecule has 1 unspecified atom stereocenters. The number of aromatic nitrogens is 2. The van der Waals surface area contributed by atoms with Gasteiger partial charge in [-0.25, -0.2) is 23.0 Å². The number of nitrogens with zero attached hydrogens (tertiary/aromatic N) is 2. The lowest BCUT2D eigenvalue weighted by Crippen LogP contribution is -2.36. The molecule has 0 bridgehead atoms. The van der Waals surface area contributed by atoms with Crippen molar-refractivity contribution in [1.29, 1.82) is 0 Å². The van der Waals surface area contributed by atoms with Gasteiger partial charge in [-0.1, -0.05) is 30.3 Å². The first-order chi connectivity index (χ1) is 13.3. The summed E-state index contributed by atoms with van der Waals surface area (Å²) in [5.74, 6) is 0. The van der Waals surface area contributed by atoms with Crippen LogP contribution in [0.3, 0.4) is 0 Å².